The van der Waals surface area contributed by atoms with E-state index >= 15 is 0 Å². The van der Waals surface area contributed by atoms with Gasteiger partial charge in [0.1, 0.15) is 23.4 Å². The molecular formula is C19H20O7. The van der Waals surface area contributed by atoms with E-state index in [0.717, 1.165) is 0 Å². The third kappa shape index (κ3) is 3.46. The largest absolute Gasteiger partial charge is 0.507 e. The molecule has 0 amide bonds. The number of hydrogen-bond acceptors (Lipinski definition) is 7. The zero-order valence-electron chi connectivity index (χ0n) is 14.4. The van der Waals surface area contributed by atoms with E-state index in [2.05, 4.69) is 0 Å². The highest BCUT2D eigenvalue weighted by Gasteiger charge is 2.35. The molecule has 2 aromatic carbocycles. The Kier molecular flexibility index (Phi) is 4.79. The molecule has 3 N–H and O–H groups in total. The minimum absolute atomic E-state index is 0.00958. The number of rotatable bonds is 5. The molecule has 7 heteroatoms. The lowest BCUT2D eigenvalue weighted by Gasteiger charge is -2.33. The number of benzene rings is 2. The third-order valence-corrected chi connectivity index (χ3v) is 4.09. The van der Waals surface area contributed by atoms with E-state index in [0.29, 0.717) is 29.1 Å². The highest BCUT2D eigenvalue weighted by Crippen LogP contribution is 2.44. The van der Waals surface area contributed by atoms with Crippen LogP contribution in [0.25, 0.3) is 0 Å². The fourth-order valence-electron chi connectivity index (χ4n) is 2.97. The molecule has 3 rings (SSSR count). The lowest BCUT2D eigenvalue weighted by Crippen LogP contribution is -2.32. The molecule has 26 heavy (non-hydrogen) atoms. The van der Waals surface area contributed by atoms with E-state index < -0.39 is 12.2 Å². The van der Waals surface area contributed by atoms with E-state index in [1.54, 1.807) is 12.1 Å². The molecule has 0 aromatic heterocycles. The summed E-state index contributed by atoms with van der Waals surface area (Å²) in [7, 11) is 0. The predicted octanol–water partition coefficient (Wildman–Crippen LogP) is 2.81. The molecule has 0 radical (unpaired) electrons. The maximum atomic E-state index is 10.9. The van der Waals surface area contributed by atoms with Gasteiger partial charge in [-0.1, -0.05) is 6.07 Å². The normalized spacial score (nSPS) is 18.7. The van der Waals surface area contributed by atoms with Crippen molar-refractivity contribution in [3.05, 3.63) is 41.5 Å². The summed E-state index contributed by atoms with van der Waals surface area (Å²) in [5.41, 5.74) is 1.03. The van der Waals surface area contributed by atoms with Gasteiger partial charge in [0, 0.05) is 29.7 Å². The molecule has 1 aliphatic heterocycles. The van der Waals surface area contributed by atoms with Gasteiger partial charge in [-0.15, -0.1) is 0 Å². The quantitative estimate of drug-likeness (QED) is 0.556. The van der Waals surface area contributed by atoms with Gasteiger partial charge >= 0.3 is 0 Å². The Balaban J connectivity index is 2.00. The van der Waals surface area contributed by atoms with E-state index in [-0.39, 0.29) is 29.8 Å². The smallest absolute Gasteiger partial charge is 0.293 e. The summed E-state index contributed by atoms with van der Waals surface area (Å²) >= 11 is 0. The average molecular weight is 360 g/mol. The van der Waals surface area contributed by atoms with Crippen LogP contribution in [0.3, 0.4) is 0 Å². The van der Waals surface area contributed by atoms with Crippen molar-refractivity contribution in [2.45, 2.75) is 38.6 Å². The van der Waals surface area contributed by atoms with Crippen molar-refractivity contribution in [2.75, 3.05) is 0 Å². The number of aromatic hydroxyl groups is 3. The van der Waals surface area contributed by atoms with E-state index in [9.17, 15) is 20.1 Å². The first-order chi connectivity index (χ1) is 12.4. The predicted molar refractivity (Wildman–Crippen MR) is 91.7 cm³/mol. The summed E-state index contributed by atoms with van der Waals surface area (Å²) in [4.78, 5) is 10.9. The number of phenolic OH excluding ortho intramolecular Hbond substituents is 3. The molecule has 0 spiro atoms. The lowest BCUT2D eigenvalue weighted by atomic mass is 9.93. The van der Waals surface area contributed by atoms with Gasteiger partial charge in [0.25, 0.3) is 6.47 Å². The van der Waals surface area contributed by atoms with Crippen LogP contribution in [-0.4, -0.2) is 34.0 Å². The molecule has 0 saturated heterocycles. The zero-order chi connectivity index (χ0) is 18.8. The second-order valence-corrected chi connectivity index (χ2v) is 6.35. The molecule has 2 atom stereocenters. The Labute approximate surface area is 150 Å². The minimum Gasteiger partial charge on any atom is -0.507 e. The second kappa shape index (κ2) is 7.03. The number of carbonyl (C=O) groups excluding carboxylic acids is 1. The highest BCUT2D eigenvalue weighted by molar-refractivity contribution is 5.53. The van der Waals surface area contributed by atoms with Gasteiger partial charge in [-0.05, 0) is 26.0 Å². The first-order valence-electron chi connectivity index (χ1n) is 8.19. The van der Waals surface area contributed by atoms with Gasteiger partial charge in [0.2, 0.25) is 0 Å². The van der Waals surface area contributed by atoms with Gasteiger partial charge < -0.3 is 29.5 Å². The summed E-state index contributed by atoms with van der Waals surface area (Å²) in [5, 5.41) is 29.5. The van der Waals surface area contributed by atoms with Gasteiger partial charge in [0.15, 0.2) is 17.6 Å². The maximum absolute atomic E-state index is 10.9. The van der Waals surface area contributed by atoms with Crippen LogP contribution >= 0.6 is 0 Å². The average Bonchev–Trinajstić information content (AvgIpc) is 2.57. The van der Waals surface area contributed by atoms with Gasteiger partial charge in [-0.25, -0.2) is 0 Å². The monoisotopic (exact) mass is 360 g/mol. The second-order valence-electron chi connectivity index (χ2n) is 6.35. The van der Waals surface area contributed by atoms with Crippen molar-refractivity contribution < 1.29 is 34.3 Å². The summed E-state index contributed by atoms with van der Waals surface area (Å²) in [6.07, 6.45) is -1.26. The van der Waals surface area contributed by atoms with Crippen molar-refractivity contribution >= 4 is 6.47 Å². The van der Waals surface area contributed by atoms with Crippen LogP contribution in [0, 0.1) is 0 Å². The molecule has 138 valence electrons. The molecule has 1 heterocycles. The van der Waals surface area contributed by atoms with Crippen molar-refractivity contribution in [2.24, 2.45) is 0 Å². The van der Waals surface area contributed by atoms with Crippen molar-refractivity contribution in [1.82, 2.24) is 0 Å². The Morgan fingerprint density at radius 1 is 1.12 bits per heavy atom. The van der Waals surface area contributed by atoms with Crippen LogP contribution < -0.4 is 9.47 Å². The lowest BCUT2D eigenvalue weighted by molar-refractivity contribution is -0.139. The van der Waals surface area contributed by atoms with E-state index in [4.69, 9.17) is 14.2 Å². The van der Waals surface area contributed by atoms with Crippen molar-refractivity contribution in [1.29, 1.82) is 0 Å². The highest BCUT2D eigenvalue weighted by atomic mass is 16.6. The first-order valence-corrected chi connectivity index (χ1v) is 8.19. The topological polar surface area (TPSA) is 105 Å². The summed E-state index contributed by atoms with van der Waals surface area (Å²) < 4.78 is 16.7. The Morgan fingerprint density at radius 3 is 2.54 bits per heavy atom. The van der Waals surface area contributed by atoms with E-state index in [1.807, 2.05) is 13.8 Å². The van der Waals surface area contributed by atoms with Crippen LogP contribution in [0.15, 0.2) is 30.3 Å². The number of phenols is 3. The van der Waals surface area contributed by atoms with Crippen LogP contribution in [0.2, 0.25) is 0 Å². The molecular weight excluding hydrogens is 340 g/mol. The number of ether oxygens (including phenoxy) is 3. The Bertz CT molecular complexity index is 816. The summed E-state index contributed by atoms with van der Waals surface area (Å²) in [6, 6.07) is 7.41. The zero-order valence-corrected chi connectivity index (χ0v) is 14.4. The molecule has 0 aliphatic carbocycles. The molecule has 0 fully saturated rings. The van der Waals surface area contributed by atoms with Crippen molar-refractivity contribution in [3.8, 4) is 28.7 Å². The summed E-state index contributed by atoms with van der Waals surface area (Å²) in [6.45, 7) is 4.06. The molecule has 7 nitrogen and oxygen atoms in total. The van der Waals surface area contributed by atoms with Gasteiger partial charge in [0.05, 0.1) is 6.10 Å². The Hall–Kier alpha value is -3.09. The molecule has 0 bridgehead atoms. The standard InChI is InChI=1S/C19H20O7/c1-10(2)25-12-6-15(22)13-8-18(24-9-20)19(26-17(13)7-12)11-3-4-14(21)16(23)5-11/h3-7,9-10,18-19,21-23H,8H2,1-2H3/t18-,19+/m0/s1. The molecule has 2 aromatic rings. The molecule has 0 saturated carbocycles. The van der Waals surface area contributed by atoms with E-state index in [1.165, 1.54) is 18.2 Å². The van der Waals surface area contributed by atoms with Crippen LogP contribution in [-0.2, 0) is 16.0 Å². The Morgan fingerprint density at radius 2 is 1.88 bits per heavy atom. The third-order valence-electron chi connectivity index (χ3n) is 4.09. The maximum Gasteiger partial charge on any atom is 0.293 e. The minimum atomic E-state index is -0.715. The number of hydrogen-bond donors (Lipinski definition) is 3. The van der Waals surface area contributed by atoms with Crippen LogP contribution in [0.5, 0.6) is 28.7 Å². The van der Waals surface area contributed by atoms with Gasteiger partial charge in [-0.3, -0.25) is 4.79 Å². The van der Waals surface area contributed by atoms with Crippen LogP contribution in [0.1, 0.15) is 31.1 Å². The number of fused-ring (bicyclic) bond motifs is 1. The number of carbonyl (C=O) groups is 1. The van der Waals surface area contributed by atoms with Crippen LogP contribution in [0.4, 0.5) is 0 Å². The molecule has 1 aliphatic rings. The molecule has 0 unspecified atom stereocenters. The van der Waals surface area contributed by atoms with Gasteiger partial charge in [-0.2, -0.15) is 0 Å². The van der Waals surface area contributed by atoms with Crippen molar-refractivity contribution in [3.63, 3.8) is 0 Å². The fourth-order valence-corrected chi connectivity index (χ4v) is 2.97. The SMILES string of the molecule is CC(C)Oc1cc(O)c2c(c1)O[C@H](c1ccc(O)c(O)c1)[C@@H](OC=O)C2. The fraction of sp³-hybridized carbons (Fsp3) is 0.316. The first kappa shape index (κ1) is 17.7. The summed E-state index contributed by atoms with van der Waals surface area (Å²) in [5.74, 6) is 0.288.